The molecule has 3 amide bonds. The topological polar surface area (TPSA) is 90.4 Å². The number of carbonyl (C=O) groups excluding carboxylic acids is 3. The van der Waals surface area contributed by atoms with Crippen molar-refractivity contribution in [2.45, 2.75) is 50.1 Å². The van der Waals surface area contributed by atoms with Crippen molar-refractivity contribution in [2.75, 3.05) is 24.6 Å². The molecule has 3 aliphatic heterocycles. The zero-order chi connectivity index (χ0) is 34.2. The number of carbonyl (C=O) groups is 3. The van der Waals surface area contributed by atoms with Gasteiger partial charge in [-0.3, -0.25) is 14.4 Å². The van der Waals surface area contributed by atoms with Crippen LogP contribution >= 0.6 is 11.6 Å². The van der Waals surface area contributed by atoms with Crippen molar-refractivity contribution in [3.63, 3.8) is 0 Å². The van der Waals surface area contributed by atoms with Gasteiger partial charge in [0.05, 0.1) is 40.8 Å². The summed E-state index contributed by atoms with van der Waals surface area (Å²) in [6.07, 6.45) is 3.67. The molecule has 3 aliphatic rings. The lowest BCUT2D eigenvalue weighted by Crippen LogP contribution is -2.57. The van der Waals surface area contributed by atoms with E-state index in [4.69, 9.17) is 16.3 Å². The van der Waals surface area contributed by atoms with E-state index in [-0.39, 0.29) is 30.8 Å². The van der Waals surface area contributed by atoms with Crippen LogP contribution in [0.3, 0.4) is 0 Å². The van der Waals surface area contributed by atoms with Crippen LogP contribution in [-0.2, 0) is 25.7 Å². The summed E-state index contributed by atoms with van der Waals surface area (Å²) in [6, 6.07) is 23.9. The Labute approximate surface area is 287 Å². The molecule has 3 saturated heterocycles. The predicted octanol–water partition coefficient (Wildman–Crippen LogP) is 5.82. The third-order valence-corrected chi connectivity index (χ3v) is 10.9. The molecule has 0 aromatic heterocycles. The predicted molar refractivity (Wildman–Crippen MR) is 186 cm³/mol. The van der Waals surface area contributed by atoms with Crippen LogP contribution in [0.2, 0.25) is 5.02 Å². The number of nitrogens with zero attached hydrogens (tertiary/aromatic N) is 3. The molecule has 3 unspecified atom stereocenters. The van der Waals surface area contributed by atoms with E-state index in [1.807, 2.05) is 74.5 Å². The van der Waals surface area contributed by atoms with Gasteiger partial charge in [0.1, 0.15) is 11.6 Å². The highest BCUT2D eigenvalue weighted by molar-refractivity contribution is 6.34. The molecule has 9 heteroatoms. The molecule has 1 spiro atoms. The Balaban J connectivity index is 1.50. The number of para-hydroxylation sites is 1. The Hall–Kier alpha value is -4.24. The first kappa shape index (κ1) is 33.7. The molecule has 0 aliphatic carbocycles. The third-order valence-electron chi connectivity index (χ3n) is 10.5. The minimum absolute atomic E-state index is 0.121. The second-order valence-corrected chi connectivity index (χ2v) is 13.6. The molecule has 3 heterocycles. The zero-order valence-electron chi connectivity index (χ0n) is 27.4. The van der Waals surface area contributed by atoms with E-state index in [0.717, 1.165) is 5.56 Å². The van der Waals surface area contributed by atoms with Gasteiger partial charge in [0, 0.05) is 19.6 Å². The van der Waals surface area contributed by atoms with E-state index >= 15 is 9.59 Å². The fourth-order valence-corrected chi connectivity index (χ4v) is 8.58. The van der Waals surface area contributed by atoms with Gasteiger partial charge in [-0.2, -0.15) is 0 Å². The molecule has 6 rings (SSSR count). The smallest absolute Gasteiger partial charge is 0.253 e. The van der Waals surface area contributed by atoms with Gasteiger partial charge >= 0.3 is 0 Å². The number of benzene rings is 3. The SMILES string of the molecule is C=CCN(Cc1ccccc1)C(=O)[C@@H]1[C@H]2C(=O)N([C@H](CO)c3ccccc3)C(C(=O)N(CC=C)c3ccccc3Cl)C23CC(C)[C@@]1(C)O3. The van der Waals surface area contributed by atoms with Crippen LogP contribution in [0.25, 0.3) is 0 Å². The average Bonchev–Trinajstić information content (AvgIpc) is 3.61. The van der Waals surface area contributed by atoms with Crippen LogP contribution in [0, 0.1) is 17.8 Å². The molecule has 3 aromatic rings. The maximum Gasteiger partial charge on any atom is 0.253 e. The first-order valence-electron chi connectivity index (χ1n) is 16.4. The molecule has 250 valence electrons. The Morgan fingerprint density at radius 2 is 1.62 bits per heavy atom. The Bertz CT molecular complexity index is 1700. The number of hydrogen-bond acceptors (Lipinski definition) is 5. The number of ether oxygens (including phenoxy) is 1. The van der Waals surface area contributed by atoms with Gasteiger partial charge in [-0.25, -0.2) is 0 Å². The minimum Gasteiger partial charge on any atom is -0.394 e. The number of amides is 3. The normalized spacial score (nSPS) is 27.8. The lowest BCUT2D eigenvalue weighted by molar-refractivity contribution is -0.154. The van der Waals surface area contributed by atoms with Crippen molar-refractivity contribution in [2.24, 2.45) is 17.8 Å². The standard InChI is InChI=1S/C39H42ClN3O5/c1-5-21-41(24-27-15-9-7-10-16-27)35(45)32-33-36(46)43(31(25-44)28-17-11-8-12-18-28)34(39(33)23-26(3)38(32,4)48-39)37(47)42(22-6-2)30-20-14-13-19-29(30)40/h5-20,26,31-34,44H,1-2,21-25H2,3-4H3/t26?,31-,32+,33+,34?,38-,39?/m1/s1. The number of anilines is 1. The number of aliphatic hydroxyl groups is 1. The van der Waals surface area contributed by atoms with E-state index in [9.17, 15) is 9.90 Å². The number of likely N-dealkylation sites (tertiary alicyclic amines) is 1. The molecule has 7 atom stereocenters. The van der Waals surface area contributed by atoms with Gasteiger partial charge in [0.2, 0.25) is 11.8 Å². The van der Waals surface area contributed by atoms with Gasteiger partial charge in [0.25, 0.3) is 5.91 Å². The number of halogens is 1. The molecule has 3 aromatic carbocycles. The number of rotatable bonds is 12. The van der Waals surface area contributed by atoms with E-state index in [2.05, 4.69) is 13.2 Å². The average molecular weight is 668 g/mol. The molecule has 0 radical (unpaired) electrons. The Morgan fingerprint density at radius 1 is 1.00 bits per heavy atom. The maximum atomic E-state index is 15.1. The van der Waals surface area contributed by atoms with Gasteiger partial charge in [-0.15, -0.1) is 13.2 Å². The van der Waals surface area contributed by atoms with Crippen LogP contribution in [0.4, 0.5) is 5.69 Å². The number of fused-ring (bicyclic) bond motifs is 1. The fourth-order valence-electron chi connectivity index (χ4n) is 8.34. The van der Waals surface area contributed by atoms with E-state index < -0.39 is 47.6 Å². The van der Waals surface area contributed by atoms with Gasteiger partial charge in [-0.05, 0) is 42.5 Å². The summed E-state index contributed by atoms with van der Waals surface area (Å²) in [6.45, 7) is 12.0. The highest BCUT2D eigenvalue weighted by Gasteiger charge is 2.80. The van der Waals surface area contributed by atoms with Crippen LogP contribution < -0.4 is 4.90 Å². The third kappa shape index (κ3) is 5.36. The van der Waals surface area contributed by atoms with Crippen molar-refractivity contribution < 1.29 is 24.2 Å². The molecule has 1 N–H and O–H groups in total. The summed E-state index contributed by atoms with van der Waals surface area (Å²) in [7, 11) is 0. The van der Waals surface area contributed by atoms with Gasteiger partial charge in [-0.1, -0.05) is 103 Å². The second-order valence-electron chi connectivity index (χ2n) is 13.2. The van der Waals surface area contributed by atoms with Crippen molar-refractivity contribution in [3.05, 3.63) is 126 Å². The lowest BCUT2D eigenvalue weighted by atomic mass is 9.62. The largest absolute Gasteiger partial charge is 0.394 e. The summed E-state index contributed by atoms with van der Waals surface area (Å²) in [4.78, 5) is 49.8. The maximum absolute atomic E-state index is 15.1. The Morgan fingerprint density at radius 3 is 2.25 bits per heavy atom. The molecule has 8 nitrogen and oxygen atoms in total. The van der Waals surface area contributed by atoms with Crippen molar-refractivity contribution in [3.8, 4) is 0 Å². The molecular weight excluding hydrogens is 626 g/mol. The minimum atomic E-state index is -1.34. The highest BCUT2D eigenvalue weighted by atomic mass is 35.5. The monoisotopic (exact) mass is 667 g/mol. The first-order chi connectivity index (χ1) is 23.1. The summed E-state index contributed by atoms with van der Waals surface area (Å²) in [5, 5.41) is 11.3. The fraction of sp³-hybridized carbons (Fsp3) is 0.359. The number of hydrogen-bond donors (Lipinski definition) is 1. The van der Waals surface area contributed by atoms with E-state index in [1.165, 1.54) is 9.80 Å². The van der Waals surface area contributed by atoms with Crippen LogP contribution in [0.15, 0.2) is 110 Å². The summed E-state index contributed by atoms with van der Waals surface area (Å²) >= 11 is 6.65. The molecule has 3 fully saturated rings. The van der Waals surface area contributed by atoms with Crippen molar-refractivity contribution in [1.82, 2.24) is 9.80 Å². The summed E-state index contributed by atoms with van der Waals surface area (Å²) < 4.78 is 7.03. The molecule has 2 bridgehead atoms. The van der Waals surface area contributed by atoms with Gasteiger partial charge in [0.15, 0.2) is 0 Å². The lowest BCUT2D eigenvalue weighted by Gasteiger charge is -2.39. The second kappa shape index (κ2) is 13.3. The Kier molecular flexibility index (Phi) is 9.35. The quantitative estimate of drug-likeness (QED) is 0.246. The van der Waals surface area contributed by atoms with Crippen LogP contribution in [-0.4, -0.2) is 69.6 Å². The summed E-state index contributed by atoms with van der Waals surface area (Å²) in [5.74, 6) is -3.02. The zero-order valence-corrected chi connectivity index (χ0v) is 28.1. The molecule has 0 saturated carbocycles. The van der Waals surface area contributed by atoms with E-state index in [0.29, 0.717) is 29.2 Å². The highest BCUT2D eigenvalue weighted by Crippen LogP contribution is 2.66. The van der Waals surface area contributed by atoms with Crippen LogP contribution in [0.1, 0.15) is 37.4 Å². The van der Waals surface area contributed by atoms with Crippen molar-refractivity contribution >= 4 is 35.0 Å². The summed E-state index contributed by atoms with van der Waals surface area (Å²) in [5.41, 5.74) is -0.271. The van der Waals surface area contributed by atoms with Crippen molar-refractivity contribution in [1.29, 1.82) is 0 Å². The van der Waals surface area contributed by atoms with Crippen LogP contribution in [0.5, 0.6) is 0 Å². The number of aliphatic hydroxyl groups excluding tert-OH is 1. The van der Waals surface area contributed by atoms with Gasteiger partial charge < -0.3 is 24.5 Å². The first-order valence-corrected chi connectivity index (χ1v) is 16.8. The molecular formula is C39H42ClN3O5. The molecule has 48 heavy (non-hydrogen) atoms. The van der Waals surface area contributed by atoms with E-state index in [1.54, 1.807) is 41.3 Å².